The molecule has 0 radical (unpaired) electrons. The first kappa shape index (κ1) is 13.5. The van der Waals surface area contributed by atoms with E-state index in [1.54, 1.807) is 0 Å². The van der Waals surface area contributed by atoms with Gasteiger partial charge in [-0.2, -0.15) is 0 Å². The second-order valence-electron chi connectivity index (χ2n) is 3.70. The Labute approximate surface area is 131 Å². The smallest absolute Gasteiger partial charge is 0.0563 e. The third-order valence-electron chi connectivity index (χ3n) is 2.52. The van der Waals surface area contributed by atoms with Gasteiger partial charge in [-0.3, -0.25) is 0 Å². The van der Waals surface area contributed by atoms with Gasteiger partial charge in [-0.05, 0) is 64.0 Å². The lowest BCUT2D eigenvalue weighted by atomic mass is 10.00. The molecular formula is C13H10Br2IN. The van der Waals surface area contributed by atoms with Gasteiger partial charge < -0.3 is 5.73 Å². The molecule has 0 aliphatic heterocycles. The van der Waals surface area contributed by atoms with Gasteiger partial charge in [0, 0.05) is 12.5 Å². The van der Waals surface area contributed by atoms with E-state index in [1.165, 1.54) is 3.57 Å². The summed E-state index contributed by atoms with van der Waals surface area (Å²) in [6.45, 7) is 0. The zero-order valence-corrected chi connectivity index (χ0v) is 14.2. The van der Waals surface area contributed by atoms with Crippen LogP contribution in [-0.2, 0) is 0 Å². The SMILES string of the molecule is NC(c1ccc(Br)cc1)c1cc(I)ccc1Br. The molecule has 0 fully saturated rings. The molecule has 1 atom stereocenters. The Balaban J connectivity index is 2.39. The van der Waals surface area contributed by atoms with Crippen molar-refractivity contribution in [3.8, 4) is 0 Å². The van der Waals surface area contributed by atoms with Gasteiger partial charge in [0.2, 0.25) is 0 Å². The van der Waals surface area contributed by atoms with Gasteiger partial charge in [0.05, 0.1) is 6.04 Å². The molecule has 0 aromatic heterocycles. The molecule has 0 amide bonds. The lowest BCUT2D eigenvalue weighted by Crippen LogP contribution is -2.12. The molecule has 2 aromatic carbocycles. The molecule has 2 aromatic rings. The van der Waals surface area contributed by atoms with E-state index in [0.717, 1.165) is 20.1 Å². The average molecular weight is 467 g/mol. The summed E-state index contributed by atoms with van der Waals surface area (Å²) in [6.07, 6.45) is 0. The monoisotopic (exact) mass is 465 g/mol. The molecule has 2 N–H and O–H groups in total. The molecule has 0 saturated carbocycles. The quantitative estimate of drug-likeness (QED) is 0.628. The first-order valence-corrected chi connectivity index (χ1v) is 7.70. The third-order valence-corrected chi connectivity index (χ3v) is 4.44. The van der Waals surface area contributed by atoms with E-state index in [2.05, 4.69) is 66.6 Å². The van der Waals surface area contributed by atoms with Crippen LogP contribution < -0.4 is 5.73 Å². The predicted octanol–water partition coefficient (Wildman–Crippen LogP) is 4.86. The van der Waals surface area contributed by atoms with Crippen molar-refractivity contribution in [1.82, 2.24) is 0 Å². The Morgan fingerprint density at radius 2 is 1.65 bits per heavy atom. The highest BCUT2D eigenvalue weighted by Gasteiger charge is 2.12. The maximum Gasteiger partial charge on any atom is 0.0563 e. The third kappa shape index (κ3) is 3.30. The molecule has 0 bridgehead atoms. The van der Waals surface area contributed by atoms with Gasteiger partial charge in [0.25, 0.3) is 0 Å². The molecule has 4 heteroatoms. The molecule has 88 valence electrons. The lowest BCUT2D eigenvalue weighted by Gasteiger charge is -2.15. The zero-order valence-electron chi connectivity index (χ0n) is 8.83. The first-order valence-electron chi connectivity index (χ1n) is 5.04. The largest absolute Gasteiger partial charge is 0.320 e. The number of benzene rings is 2. The highest BCUT2D eigenvalue weighted by atomic mass is 127. The van der Waals surface area contributed by atoms with Gasteiger partial charge in [-0.15, -0.1) is 0 Å². The van der Waals surface area contributed by atoms with Crippen LogP contribution in [0, 0.1) is 3.57 Å². The summed E-state index contributed by atoms with van der Waals surface area (Å²) in [5.41, 5.74) is 8.51. The summed E-state index contributed by atoms with van der Waals surface area (Å²) in [4.78, 5) is 0. The van der Waals surface area contributed by atoms with E-state index in [-0.39, 0.29) is 6.04 Å². The second-order valence-corrected chi connectivity index (χ2v) is 6.71. The lowest BCUT2D eigenvalue weighted by molar-refractivity contribution is 0.864. The van der Waals surface area contributed by atoms with E-state index < -0.39 is 0 Å². The molecule has 0 aliphatic carbocycles. The van der Waals surface area contributed by atoms with Crippen molar-refractivity contribution < 1.29 is 0 Å². The van der Waals surface area contributed by atoms with Crippen molar-refractivity contribution in [3.05, 3.63) is 66.1 Å². The van der Waals surface area contributed by atoms with Crippen molar-refractivity contribution in [1.29, 1.82) is 0 Å². The average Bonchev–Trinajstić information content (AvgIpc) is 2.32. The summed E-state index contributed by atoms with van der Waals surface area (Å²) in [7, 11) is 0. The summed E-state index contributed by atoms with van der Waals surface area (Å²) in [6, 6.07) is 14.2. The first-order chi connectivity index (χ1) is 8.08. The predicted molar refractivity (Wildman–Crippen MR) is 87.0 cm³/mol. The van der Waals surface area contributed by atoms with Gasteiger partial charge in [-0.1, -0.05) is 44.0 Å². The highest BCUT2D eigenvalue weighted by molar-refractivity contribution is 14.1. The molecule has 2 rings (SSSR count). The number of nitrogens with two attached hydrogens (primary N) is 1. The van der Waals surface area contributed by atoms with E-state index in [9.17, 15) is 0 Å². The fraction of sp³-hybridized carbons (Fsp3) is 0.0769. The zero-order chi connectivity index (χ0) is 12.4. The van der Waals surface area contributed by atoms with Crippen molar-refractivity contribution >= 4 is 54.5 Å². The van der Waals surface area contributed by atoms with E-state index in [0.29, 0.717) is 0 Å². The van der Waals surface area contributed by atoms with Gasteiger partial charge in [0.1, 0.15) is 0 Å². The number of hydrogen-bond donors (Lipinski definition) is 1. The van der Waals surface area contributed by atoms with E-state index >= 15 is 0 Å². The van der Waals surface area contributed by atoms with Crippen LogP contribution in [0.4, 0.5) is 0 Å². The minimum atomic E-state index is -0.104. The molecule has 0 aliphatic rings. The van der Waals surface area contributed by atoms with Crippen LogP contribution in [-0.4, -0.2) is 0 Å². The van der Waals surface area contributed by atoms with Crippen LogP contribution in [0.2, 0.25) is 0 Å². The van der Waals surface area contributed by atoms with Crippen molar-refractivity contribution in [2.24, 2.45) is 5.73 Å². The number of halogens is 3. The summed E-state index contributed by atoms with van der Waals surface area (Å²) >= 11 is 9.27. The molecule has 0 heterocycles. The standard InChI is InChI=1S/C13H10Br2IN/c14-9-3-1-8(2-4-9)13(17)11-7-10(16)5-6-12(11)15/h1-7,13H,17H2. The molecule has 0 spiro atoms. The van der Waals surface area contributed by atoms with Crippen LogP contribution in [0.15, 0.2) is 51.4 Å². The summed E-state index contributed by atoms with van der Waals surface area (Å²) < 4.78 is 3.30. The molecule has 1 nitrogen and oxygen atoms in total. The van der Waals surface area contributed by atoms with Gasteiger partial charge in [-0.25, -0.2) is 0 Å². The van der Waals surface area contributed by atoms with Gasteiger partial charge in [0.15, 0.2) is 0 Å². The fourth-order valence-corrected chi connectivity index (χ4v) is 2.88. The van der Waals surface area contributed by atoms with Crippen LogP contribution in [0.5, 0.6) is 0 Å². The van der Waals surface area contributed by atoms with Crippen LogP contribution in [0.3, 0.4) is 0 Å². The molecule has 17 heavy (non-hydrogen) atoms. The highest BCUT2D eigenvalue weighted by Crippen LogP contribution is 2.28. The van der Waals surface area contributed by atoms with Crippen LogP contribution in [0.25, 0.3) is 0 Å². The maximum absolute atomic E-state index is 6.29. The normalized spacial score (nSPS) is 12.5. The Morgan fingerprint density at radius 1 is 1.00 bits per heavy atom. The molecule has 0 saturated heterocycles. The van der Waals surface area contributed by atoms with E-state index in [4.69, 9.17) is 5.73 Å². The Kier molecular flexibility index (Phi) is 4.63. The fourth-order valence-electron chi connectivity index (χ4n) is 1.60. The van der Waals surface area contributed by atoms with Crippen LogP contribution >= 0.6 is 54.5 Å². The van der Waals surface area contributed by atoms with Crippen molar-refractivity contribution in [2.75, 3.05) is 0 Å². The Morgan fingerprint density at radius 3 is 2.29 bits per heavy atom. The van der Waals surface area contributed by atoms with Gasteiger partial charge >= 0.3 is 0 Å². The summed E-state index contributed by atoms with van der Waals surface area (Å²) in [5.74, 6) is 0. The molecular weight excluding hydrogens is 457 g/mol. The van der Waals surface area contributed by atoms with Crippen molar-refractivity contribution in [3.63, 3.8) is 0 Å². The Bertz CT molecular complexity index is 525. The molecule has 1 unspecified atom stereocenters. The topological polar surface area (TPSA) is 26.0 Å². The van der Waals surface area contributed by atoms with Crippen LogP contribution in [0.1, 0.15) is 17.2 Å². The maximum atomic E-state index is 6.29. The number of rotatable bonds is 2. The number of hydrogen-bond acceptors (Lipinski definition) is 1. The van der Waals surface area contributed by atoms with E-state index in [1.807, 2.05) is 30.3 Å². The minimum Gasteiger partial charge on any atom is -0.320 e. The Hall–Kier alpha value is 0.0900. The van der Waals surface area contributed by atoms with Crippen molar-refractivity contribution in [2.45, 2.75) is 6.04 Å². The minimum absolute atomic E-state index is 0.104. The summed E-state index contributed by atoms with van der Waals surface area (Å²) in [5, 5.41) is 0. The second kappa shape index (κ2) is 5.82.